The number of nitrogens with one attached hydrogen (secondary N) is 1. The predicted octanol–water partition coefficient (Wildman–Crippen LogP) is 6.61. The van der Waals surface area contributed by atoms with Crippen LogP contribution < -0.4 is 0 Å². The molecule has 1 heteroatoms. The minimum atomic E-state index is 0.755. The molecule has 0 atom stereocenters. The molecule has 1 N–H and O–H groups in total. The third-order valence-electron chi connectivity index (χ3n) is 4.10. The second kappa shape index (κ2) is 11.2. The van der Waals surface area contributed by atoms with Crippen LogP contribution in [0.2, 0.25) is 0 Å². The summed E-state index contributed by atoms with van der Waals surface area (Å²) >= 11 is 0. The Balaban J connectivity index is 0.000000372. The standard InChI is InChI=1S/C12H14.C5H12.C4H9N/c1-9-7-11-5-3-4-6-12(11)8-10(9)2;1-4-5(2)3;1-3-4(2)5/h3-6H,7-8H2,1-2H3;5H,4H2,1-3H3;5H,3H2,1-2H3. The monoisotopic (exact) mass is 301 g/mol. The summed E-state index contributed by atoms with van der Waals surface area (Å²) in [5.74, 6) is 0.884. The van der Waals surface area contributed by atoms with E-state index in [4.69, 9.17) is 5.41 Å². The van der Waals surface area contributed by atoms with Gasteiger partial charge >= 0.3 is 0 Å². The highest BCUT2D eigenvalue weighted by atomic mass is 14.4. The molecule has 0 radical (unpaired) electrons. The van der Waals surface area contributed by atoms with Crippen molar-refractivity contribution in [1.29, 1.82) is 5.41 Å². The molecule has 1 aromatic carbocycles. The molecule has 0 saturated carbocycles. The summed E-state index contributed by atoms with van der Waals surface area (Å²) < 4.78 is 0. The van der Waals surface area contributed by atoms with Gasteiger partial charge in [-0.05, 0) is 57.1 Å². The third-order valence-corrected chi connectivity index (χ3v) is 4.10. The number of benzene rings is 1. The van der Waals surface area contributed by atoms with Crippen molar-refractivity contribution < 1.29 is 0 Å². The van der Waals surface area contributed by atoms with Crippen LogP contribution in [0.1, 0.15) is 72.4 Å². The fourth-order valence-electron chi connectivity index (χ4n) is 1.78. The van der Waals surface area contributed by atoms with E-state index >= 15 is 0 Å². The maximum Gasteiger partial charge on any atom is 0.00554 e. The van der Waals surface area contributed by atoms with E-state index in [2.05, 4.69) is 58.9 Å². The summed E-state index contributed by atoms with van der Waals surface area (Å²) in [6, 6.07) is 8.75. The second-order valence-corrected chi connectivity index (χ2v) is 6.62. The largest absolute Gasteiger partial charge is 0.310 e. The van der Waals surface area contributed by atoms with Gasteiger partial charge in [-0.3, -0.25) is 0 Å². The Bertz CT molecular complexity index is 447. The number of fused-ring (bicyclic) bond motifs is 1. The highest BCUT2D eigenvalue weighted by molar-refractivity contribution is 5.78. The Morgan fingerprint density at radius 3 is 1.55 bits per heavy atom. The van der Waals surface area contributed by atoms with E-state index in [0.29, 0.717) is 0 Å². The van der Waals surface area contributed by atoms with Crippen LogP contribution in [0.3, 0.4) is 0 Å². The highest BCUT2D eigenvalue weighted by Gasteiger charge is 2.10. The van der Waals surface area contributed by atoms with Crippen molar-refractivity contribution in [2.24, 2.45) is 5.92 Å². The van der Waals surface area contributed by atoms with E-state index in [1.54, 1.807) is 18.1 Å². The second-order valence-electron chi connectivity index (χ2n) is 6.62. The van der Waals surface area contributed by atoms with E-state index in [1.807, 2.05) is 6.92 Å². The van der Waals surface area contributed by atoms with Crippen molar-refractivity contribution >= 4 is 5.71 Å². The van der Waals surface area contributed by atoms with Crippen molar-refractivity contribution in [3.8, 4) is 0 Å². The smallest absolute Gasteiger partial charge is 0.00554 e. The summed E-state index contributed by atoms with van der Waals surface area (Å²) in [4.78, 5) is 0. The van der Waals surface area contributed by atoms with Crippen LogP contribution in [0.4, 0.5) is 0 Å². The van der Waals surface area contributed by atoms with Gasteiger partial charge in [0.25, 0.3) is 0 Å². The molecule has 2 rings (SSSR count). The van der Waals surface area contributed by atoms with Crippen LogP contribution in [0.15, 0.2) is 35.4 Å². The van der Waals surface area contributed by atoms with Gasteiger partial charge in [0.05, 0.1) is 0 Å². The van der Waals surface area contributed by atoms with Crippen LogP contribution in [0, 0.1) is 11.3 Å². The molecular formula is C21H35N. The summed E-state index contributed by atoms with van der Waals surface area (Å²) in [5.41, 5.74) is 6.88. The molecule has 0 bridgehead atoms. The molecule has 124 valence electrons. The third kappa shape index (κ3) is 8.81. The van der Waals surface area contributed by atoms with Gasteiger partial charge in [-0.25, -0.2) is 0 Å². The maximum atomic E-state index is 6.74. The fraction of sp³-hybridized carbons (Fsp3) is 0.571. The number of allylic oxidation sites excluding steroid dienone is 2. The molecule has 0 saturated heterocycles. The first-order valence-electron chi connectivity index (χ1n) is 8.57. The molecule has 0 unspecified atom stereocenters. The lowest BCUT2D eigenvalue weighted by molar-refractivity contribution is 0.626. The number of hydrogen-bond acceptors (Lipinski definition) is 1. The van der Waals surface area contributed by atoms with Gasteiger partial charge in [-0.2, -0.15) is 0 Å². The van der Waals surface area contributed by atoms with Crippen LogP contribution in [-0.2, 0) is 12.8 Å². The van der Waals surface area contributed by atoms with Crippen molar-refractivity contribution in [2.45, 2.75) is 74.1 Å². The molecule has 1 aromatic rings. The number of hydrogen-bond donors (Lipinski definition) is 1. The topological polar surface area (TPSA) is 23.9 Å². The summed E-state index contributed by atoms with van der Waals surface area (Å²) in [7, 11) is 0. The lowest BCUT2D eigenvalue weighted by Crippen LogP contribution is -2.04. The van der Waals surface area contributed by atoms with Crippen molar-refractivity contribution in [3.05, 3.63) is 46.5 Å². The molecule has 0 aromatic heterocycles. The minimum Gasteiger partial charge on any atom is -0.310 e. The van der Waals surface area contributed by atoms with Crippen LogP contribution in [0.5, 0.6) is 0 Å². The fourth-order valence-corrected chi connectivity index (χ4v) is 1.78. The van der Waals surface area contributed by atoms with Gasteiger partial charge in [0.2, 0.25) is 0 Å². The molecule has 1 aliphatic carbocycles. The first-order valence-corrected chi connectivity index (χ1v) is 8.57. The first-order chi connectivity index (χ1) is 10.3. The first kappa shape index (κ1) is 20.6. The summed E-state index contributed by atoms with van der Waals surface area (Å²) in [5, 5.41) is 6.74. The molecule has 0 amide bonds. The zero-order valence-corrected chi connectivity index (χ0v) is 15.7. The molecular weight excluding hydrogens is 266 g/mol. The van der Waals surface area contributed by atoms with E-state index in [-0.39, 0.29) is 0 Å². The van der Waals surface area contributed by atoms with Gasteiger partial charge in [0, 0.05) is 5.71 Å². The summed E-state index contributed by atoms with van der Waals surface area (Å²) in [6.07, 6.45) is 4.50. The van der Waals surface area contributed by atoms with Gasteiger partial charge < -0.3 is 5.41 Å². The molecule has 0 fully saturated rings. The Morgan fingerprint density at radius 2 is 1.32 bits per heavy atom. The lowest BCUT2D eigenvalue weighted by atomic mass is 9.88. The van der Waals surface area contributed by atoms with Gasteiger partial charge in [-0.15, -0.1) is 0 Å². The van der Waals surface area contributed by atoms with Crippen molar-refractivity contribution in [2.75, 3.05) is 0 Å². The van der Waals surface area contributed by atoms with Crippen LogP contribution in [-0.4, -0.2) is 5.71 Å². The number of rotatable bonds is 2. The molecule has 1 nitrogen and oxygen atoms in total. The normalized spacial score (nSPS) is 12.7. The van der Waals surface area contributed by atoms with Crippen LogP contribution >= 0.6 is 0 Å². The quantitative estimate of drug-likeness (QED) is 0.469. The van der Waals surface area contributed by atoms with Gasteiger partial charge in [0.1, 0.15) is 0 Å². The van der Waals surface area contributed by atoms with Crippen LogP contribution in [0.25, 0.3) is 0 Å². The molecule has 1 aliphatic rings. The Hall–Kier alpha value is -1.37. The molecule has 0 aliphatic heterocycles. The zero-order chi connectivity index (χ0) is 17.1. The Kier molecular flexibility index (Phi) is 10.5. The zero-order valence-electron chi connectivity index (χ0n) is 15.7. The molecule has 22 heavy (non-hydrogen) atoms. The predicted molar refractivity (Wildman–Crippen MR) is 101 cm³/mol. The van der Waals surface area contributed by atoms with Gasteiger partial charge in [-0.1, -0.05) is 69.5 Å². The SMILES string of the molecule is CC1=C(C)Cc2ccccc2C1.CCC(C)=N.CCC(C)C. The average molecular weight is 302 g/mol. The van der Waals surface area contributed by atoms with E-state index in [9.17, 15) is 0 Å². The van der Waals surface area contributed by atoms with Crippen molar-refractivity contribution in [3.63, 3.8) is 0 Å². The minimum absolute atomic E-state index is 0.755. The van der Waals surface area contributed by atoms with E-state index < -0.39 is 0 Å². The maximum absolute atomic E-state index is 6.74. The molecule has 0 spiro atoms. The van der Waals surface area contributed by atoms with E-state index in [0.717, 1.165) is 30.9 Å². The Labute approximate surface area is 138 Å². The van der Waals surface area contributed by atoms with Gasteiger partial charge in [0.15, 0.2) is 0 Å². The lowest BCUT2D eigenvalue weighted by Gasteiger charge is -2.18. The molecule has 0 heterocycles. The van der Waals surface area contributed by atoms with Crippen molar-refractivity contribution in [1.82, 2.24) is 0 Å². The Morgan fingerprint density at radius 1 is 1.00 bits per heavy atom. The summed E-state index contributed by atoms with van der Waals surface area (Å²) in [6.45, 7) is 14.9. The van der Waals surface area contributed by atoms with E-state index in [1.165, 1.54) is 17.5 Å². The highest BCUT2D eigenvalue weighted by Crippen LogP contribution is 2.24. The average Bonchev–Trinajstić information content (AvgIpc) is 2.49.